The lowest BCUT2D eigenvalue weighted by Gasteiger charge is -2.24. The Kier molecular flexibility index (Phi) is 4.99. The van der Waals surface area contributed by atoms with E-state index in [2.05, 4.69) is 19.2 Å². The van der Waals surface area contributed by atoms with Crippen molar-refractivity contribution >= 4 is 5.97 Å². The van der Waals surface area contributed by atoms with Crippen LogP contribution in [0.1, 0.15) is 34.6 Å². The van der Waals surface area contributed by atoms with Crippen molar-refractivity contribution in [2.24, 2.45) is 5.92 Å². The lowest BCUT2D eigenvalue weighted by molar-refractivity contribution is -0.149. The van der Waals surface area contributed by atoms with E-state index in [-0.39, 0.29) is 5.97 Å². The Labute approximate surface area is 80.8 Å². The number of esters is 1. The van der Waals surface area contributed by atoms with Gasteiger partial charge in [-0.2, -0.15) is 0 Å². The summed E-state index contributed by atoms with van der Waals surface area (Å²) >= 11 is 0. The van der Waals surface area contributed by atoms with Gasteiger partial charge in [0, 0.05) is 0 Å². The molecule has 0 bridgehead atoms. The van der Waals surface area contributed by atoms with Crippen LogP contribution in [0.15, 0.2) is 0 Å². The minimum absolute atomic E-state index is 0.185. The van der Waals surface area contributed by atoms with Gasteiger partial charge in [0.2, 0.25) is 0 Å². The fraction of sp³-hybridized carbons (Fsp3) is 0.900. The average Bonchev–Trinajstić information content (AvgIpc) is 2.01. The predicted octanol–water partition coefficient (Wildman–Crippen LogP) is 1.57. The van der Waals surface area contributed by atoms with Crippen molar-refractivity contribution in [3.05, 3.63) is 0 Å². The molecule has 0 aromatic heterocycles. The van der Waals surface area contributed by atoms with E-state index in [1.165, 1.54) is 0 Å². The normalized spacial score (nSPS) is 11.8. The van der Waals surface area contributed by atoms with Crippen LogP contribution in [0.25, 0.3) is 0 Å². The highest BCUT2D eigenvalue weighted by Gasteiger charge is 2.28. The summed E-state index contributed by atoms with van der Waals surface area (Å²) in [4.78, 5) is 11.4. The van der Waals surface area contributed by atoms with Gasteiger partial charge in [0.1, 0.15) is 5.54 Å². The Morgan fingerprint density at radius 1 is 1.46 bits per heavy atom. The highest BCUT2D eigenvalue weighted by atomic mass is 16.5. The molecule has 0 atom stereocenters. The molecular formula is C10H21NO2. The summed E-state index contributed by atoms with van der Waals surface area (Å²) in [5, 5.41) is 3.17. The summed E-state index contributed by atoms with van der Waals surface area (Å²) in [6, 6.07) is 0. The molecule has 3 heteroatoms. The second-order valence-corrected chi connectivity index (χ2v) is 4.12. The monoisotopic (exact) mass is 187 g/mol. The summed E-state index contributed by atoms with van der Waals surface area (Å²) in [6.07, 6.45) is 0. The molecule has 0 amide bonds. The van der Waals surface area contributed by atoms with Gasteiger partial charge in [-0.1, -0.05) is 13.8 Å². The zero-order valence-electron chi connectivity index (χ0n) is 9.31. The van der Waals surface area contributed by atoms with E-state index in [9.17, 15) is 4.79 Å². The van der Waals surface area contributed by atoms with Crippen LogP contribution in [0.5, 0.6) is 0 Å². The molecule has 13 heavy (non-hydrogen) atoms. The minimum atomic E-state index is -0.569. The topological polar surface area (TPSA) is 38.3 Å². The van der Waals surface area contributed by atoms with Crippen LogP contribution in [-0.4, -0.2) is 24.7 Å². The molecule has 0 saturated heterocycles. The Balaban J connectivity index is 3.98. The molecule has 0 saturated carbocycles. The van der Waals surface area contributed by atoms with Gasteiger partial charge < -0.3 is 10.1 Å². The van der Waals surface area contributed by atoms with Gasteiger partial charge in [-0.3, -0.25) is 4.79 Å². The van der Waals surface area contributed by atoms with E-state index >= 15 is 0 Å². The third-order valence-corrected chi connectivity index (χ3v) is 1.74. The van der Waals surface area contributed by atoms with Crippen molar-refractivity contribution in [2.45, 2.75) is 40.2 Å². The van der Waals surface area contributed by atoms with E-state index in [4.69, 9.17) is 4.74 Å². The van der Waals surface area contributed by atoms with Crippen LogP contribution in [0.2, 0.25) is 0 Å². The molecule has 0 aliphatic heterocycles. The molecule has 0 aliphatic carbocycles. The van der Waals surface area contributed by atoms with Gasteiger partial charge in [0.05, 0.1) is 6.61 Å². The van der Waals surface area contributed by atoms with Gasteiger partial charge in [-0.15, -0.1) is 0 Å². The zero-order valence-corrected chi connectivity index (χ0v) is 9.31. The predicted molar refractivity (Wildman–Crippen MR) is 53.6 cm³/mol. The van der Waals surface area contributed by atoms with E-state index in [1.54, 1.807) is 0 Å². The third-order valence-electron chi connectivity index (χ3n) is 1.74. The number of rotatable bonds is 5. The molecule has 0 unspecified atom stereocenters. The number of nitrogens with one attached hydrogen (secondary N) is 1. The quantitative estimate of drug-likeness (QED) is 0.664. The van der Waals surface area contributed by atoms with Crippen molar-refractivity contribution in [1.29, 1.82) is 0 Å². The Morgan fingerprint density at radius 3 is 2.38 bits per heavy atom. The van der Waals surface area contributed by atoms with Gasteiger partial charge in [0.25, 0.3) is 0 Å². The maximum Gasteiger partial charge on any atom is 0.325 e. The van der Waals surface area contributed by atoms with Crippen LogP contribution < -0.4 is 5.32 Å². The third kappa shape index (κ3) is 4.88. The van der Waals surface area contributed by atoms with Crippen molar-refractivity contribution in [3.8, 4) is 0 Å². The Bertz CT molecular complexity index is 164. The summed E-state index contributed by atoms with van der Waals surface area (Å²) in [5.41, 5.74) is -0.569. The van der Waals surface area contributed by atoms with Gasteiger partial charge in [0.15, 0.2) is 0 Å². The number of ether oxygens (including phenoxy) is 1. The fourth-order valence-corrected chi connectivity index (χ4v) is 0.843. The molecule has 0 heterocycles. The second kappa shape index (κ2) is 5.22. The maximum absolute atomic E-state index is 11.4. The number of hydrogen-bond acceptors (Lipinski definition) is 3. The highest BCUT2D eigenvalue weighted by Crippen LogP contribution is 2.05. The molecule has 0 rings (SSSR count). The van der Waals surface area contributed by atoms with E-state index in [0.29, 0.717) is 12.5 Å². The minimum Gasteiger partial charge on any atom is -0.465 e. The lowest BCUT2D eigenvalue weighted by atomic mass is 10.0. The molecule has 0 aromatic carbocycles. The standard InChI is InChI=1S/C10H21NO2/c1-6-13-9(12)10(4,5)11-7-8(2)3/h8,11H,6-7H2,1-5H3. The van der Waals surface area contributed by atoms with E-state index in [0.717, 1.165) is 6.54 Å². The first kappa shape index (κ1) is 12.4. The van der Waals surface area contributed by atoms with Crippen molar-refractivity contribution in [1.82, 2.24) is 5.32 Å². The molecule has 0 aromatic rings. The number of carbonyl (C=O) groups is 1. The van der Waals surface area contributed by atoms with Crippen LogP contribution in [0, 0.1) is 5.92 Å². The van der Waals surface area contributed by atoms with E-state index in [1.807, 2.05) is 20.8 Å². The molecule has 0 aliphatic rings. The molecule has 3 nitrogen and oxygen atoms in total. The Hall–Kier alpha value is -0.570. The largest absolute Gasteiger partial charge is 0.465 e. The summed E-state index contributed by atoms with van der Waals surface area (Å²) < 4.78 is 4.94. The van der Waals surface area contributed by atoms with E-state index < -0.39 is 5.54 Å². The second-order valence-electron chi connectivity index (χ2n) is 4.12. The first-order valence-corrected chi connectivity index (χ1v) is 4.82. The zero-order chi connectivity index (χ0) is 10.5. The molecule has 0 spiro atoms. The van der Waals surface area contributed by atoms with Crippen molar-refractivity contribution in [2.75, 3.05) is 13.2 Å². The first-order chi connectivity index (χ1) is 5.90. The number of carbonyl (C=O) groups excluding carboxylic acids is 1. The first-order valence-electron chi connectivity index (χ1n) is 4.82. The Morgan fingerprint density at radius 2 is 2.00 bits per heavy atom. The average molecular weight is 187 g/mol. The van der Waals surface area contributed by atoms with Crippen LogP contribution in [0.4, 0.5) is 0 Å². The van der Waals surface area contributed by atoms with Crippen molar-refractivity contribution in [3.63, 3.8) is 0 Å². The lowest BCUT2D eigenvalue weighted by Crippen LogP contribution is -2.49. The summed E-state index contributed by atoms with van der Waals surface area (Å²) in [6.45, 7) is 11.0. The molecule has 78 valence electrons. The molecule has 0 radical (unpaired) electrons. The van der Waals surface area contributed by atoms with Crippen LogP contribution in [0.3, 0.4) is 0 Å². The SMILES string of the molecule is CCOC(=O)C(C)(C)NCC(C)C. The van der Waals surface area contributed by atoms with Gasteiger partial charge in [-0.05, 0) is 33.2 Å². The van der Waals surface area contributed by atoms with Crippen LogP contribution in [-0.2, 0) is 9.53 Å². The highest BCUT2D eigenvalue weighted by molar-refractivity contribution is 5.79. The fourth-order valence-electron chi connectivity index (χ4n) is 0.843. The summed E-state index contributed by atoms with van der Waals surface area (Å²) in [5.74, 6) is 0.351. The maximum atomic E-state index is 11.4. The molecular weight excluding hydrogens is 166 g/mol. The smallest absolute Gasteiger partial charge is 0.325 e. The van der Waals surface area contributed by atoms with Gasteiger partial charge in [-0.25, -0.2) is 0 Å². The van der Waals surface area contributed by atoms with Crippen LogP contribution >= 0.6 is 0 Å². The van der Waals surface area contributed by atoms with Crippen molar-refractivity contribution < 1.29 is 9.53 Å². The number of hydrogen-bond donors (Lipinski definition) is 1. The molecule has 0 fully saturated rings. The van der Waals surface area contributed by atoms with Gasteiger partial charge >= 0.3 is 5.97 Å². The molecule has 1 N–H and O–H groups in total. The summed E-state index contributed by atoms with van der Waals surface area (Å²) in [7, 11) is 0.